The maximum atomic E-state index is 12.6. The topological polar surface area (TPSA) is 95.8 Å². The Morgan fingerprint density at radius 1 is 1.10 bits per heavy atom. The van der Waals surface area contributed by atoms with Gasteiger partial charge in [-0.3, -0.25) is 9.36 Å². The molecule has 0 N–H and O–H groups in total. The van der Waals surface area contributed by atoms with Crippen molar-refractivity contribution in [3.63, 3.8) is 0 Å². The first-order valence-electron chi connectivity index (χ1n) is 9.22. The highest BCUT2D eigenvalue weighted by Gasteiger charge is 2.34. The molecule has 1 aromatic carbocycles. The van der Waals surface area contributed by atoms with E-state index in [1.807, 2.05) is 24.3 Å². The molecule has 146 valence electrons. The van der Waals surface area contributed by atoms with Crippen LogP contribution in [0.5, 0.6) is 0 Å². The second kappa shape index (κ2) is 6.97. The van der Waals surface area contributed by atoms with Gasteiger partial charge in [-0.2, -0.15) is 4.68 Å². The fraction of sp³-hybridized carbons (Fsp3) is 0.250. The molecule has 1 saturated carbocycles. The van der Waals surface area contributed by atoms with Crippen LogP contribution in [0.4, 0.5) is 0 Å². The summed E-state index contributed by atoms with van der Waals surface area (Å²) in [6.07, 6.45) is 4.57. The Hall–Kier alpha value is -3.26. The van der Waals surface area contributed by atoms with Gasteiger partial charge in [0.05, 0.1) is 11.4 Å². The van der Waals surface area contributed by atoms with Gasteiger partial charge in [0.25, 0.3) is 5.56 Å². The number of benzene rings is 1. The van der Waals surface area contributed by atoms with E-state index >= 15 is 0 Å². The van der Waals surface area contributed by atoms with E-state index in [0.717, 1.165) is 12.8 Å². The molecule has 0 atom stereocenters. The van der Waals surface area contributed by atoms with E-state index in [1.54, 1.807) is 18.3 Å². The third-order valence-corrected chi connectivity index (χ3v) is 5.57. The molecule has 1 aliphatic carbocycles. The van der Waals surface area contributed by atoms with Crippen LogP contribution in [0.2, 0.25) is 5.02 Å². The van der Waals surface area contributed by atoms with Gasteiger partial charge in [0, 0.05) is 11.2 Å². The number of fused-ring (bicyclic) bond motifs is 1. The van der Waals surface area contributed by atoms with E-state index in [0.29, 0.717) is 22.0 Å². The van der Waals surface area contributed by atoms with Gasteiger partial charge in [-0.25, -0.2) is 14.8 Å². The molecule has 1 aliphatic rings. The van der Waals surface area contributed by atoms with Gasteiger partial charge >= 0.3 is 5.76 Å². The van der Waals surface area contributed by atoms with E-state index < -0.39 is 5.76 Å². The summed E-state index contributed by atoms with van der Waals surface area (Å²) in [5, 5.41) is 5.41. The van der Waals surface area contributed by atoms with Crippen LogP contribution in [0, 0.1) is 0 Å². The first-order chi connectivity index (χ1) is 14.1. The summed E-state index contributed by atoms with van der Waals surface area (Å²) in [6, 6.07) is 11.1. The van der Waals surface area contributed by atoms with Crippen LogP contribution in [-0.2, 0) is 6.54 Å². The Kier molecular flexibility index (Phi) is 4.28. The molecule has 0 amide bonds. The summed E-state index contributed by atoms with van der Waals surface area (Å²) < 4.78 is 8.01. The van der Waals surface area contributed by atoms with Crippen molar-refractivity contribution < 1.29 is 4.42 Å². The number of halogens is 1. The van der Waals surface area contributed by atoms with Gasteiger partial charge in [-0.05, 0) is 48.6 Å². The van der Waals surface area contributed by atoms with E-state index in [2.05, 4.69) is 15.1 Å². The Balaban J connectivity index is 1.34. The van der Waals surface area contributed by atoms with Crippen LogP contribution in [0.1, 0.15) is 36.3 Å². The molecule has 0 aliphatic heterocycles. The van der Waals surface area contributed by atoms with Crippen molar-refractivity contribution in [1.82, 2.24) is 24.3 Å². The Labute approximate surface area is 169 Å². The minimum absolute atomic E-state index is 0.0173. The standard InChI is InChI=1S/C20H16ClN5O3/c21-14-5-3-12(4-6-14)13-8-15(9-13)26-20(28)29-17(24-26)10-25-11-23-18-16(19(25)27)2-1-7-22-18/h1-7,11,13,15H,8-10H2. The summed E-state index contributed by atoms with van der Waals surface area (Å²) in [7, 11) is 0. The lowest BCUT2D eigenvalue weighted by Gasteiger charge is -2.34. The number of hydrogen-bond donors (Lipinski definition) is 0. The SMILES string of the molecule is O=c1c2cccnc2ncn1Cc1nn(C2CC(c3ccc(Cl)cc3)C2)c(=O)o1. The van der Waals surface area contributed by atoms with E-state index in [4.69, 9.17) is 16.0 Å². The van der Waals surface area contributed by atoms with Crippen molar-refractivity contribution >= 4 is 22.6 Å². The largest absolute Gasteiger partial charge is 0.437 e. The third-order valence-electron chi connectivity index (χ3n) is 5.31. The number of nitrogens with zero attached hydrogens (tertiary/aromatic N) is 5. The predicted octanol–water partition coefficient (Wildman–Crippen LogP) is 2.76. The minimum Gasteiger partial charge on any atom is -0.390 e. The lowest BCUT2D eigenvalue weighted by atomic mass is 9.76. The van der Waals surface area contributed by atoms with E-state index in [-0.39, 0.29) is 24.0 Å². The van der Waals surface area contributed by atoms with Crippen LogP contribution < -0.4 is 11.3 Å². The van der Waals surface area contributed by atoms with Crippen LogP contribution in [-0.4, -0.2) is 24.3 Å². The number of rotatable bonds is 4. The lowest BCUT2D eigenvalue weighted by molar-refractivity contribution is 0.233. The quantitative estimate of drug-likeness (QED) is 0.514. The zero-order chi connectivity index (χ0) is 20.0. The molecule has 3 aromatic heterocycles. The highest BCUT2D eigenvalue weighted by Crippen LogP contribution is 2.43. The Morgan fingerprint density at radius 2 is 1.90 bits per heavy atom. The van der Waals surface area contributed by atoms with E-state index in [9.17, 15) is 9.59 Å². The normalized spacial score (nSPS) is 18.7. The zero-order valence-electron chi connectivity index (χ0n) is 15.2. The predicted molar refractivity (Wildman–Crippen MR) is 106 cm³/mol. The molecule has 9 heteroatoms. The molecule has 0 spiro atoms. The monoisotopic (exact) mass is 409 g/mol. The fourth-order valence-electron chi connectivity index (χ4n) is 3.67. The van der Waals surface area contributed by atoms with Crippen LogP contribution >= 0.6 is 11.6 Å². The van der Waals surface area contributed by atoms with Gasteiger partial charge in [0.15, 0.2) is 5.65 Å². The van der Waals surface area contributed by atoms with Crippen LogP contribution in [0.3, 0.4) is 0 Å². The fourth-order valence-corrected chi connectivity index (χ4v) is 3.80. The van der Waals surface area contributed by atoms with Crippen LogP contribution in [0.15, 0.2) is 62.9 Å². The Morgan fingerprint density at radius 3 is 2.69 bits per heavy atom. The van der Waals surface area contributed by atoms with Gasteiger partial charge in [0.2, 0.25) is 5.89 Å². The molecule has 0 bridgehead atoms. The summed E-state index contributed by atoms with van der Waals surface area (Å²) in [4.78, 5) is 33.1. The molecule has 8 nitrogen and oxygen atoms in total. The van der Waals surface area contributed by atoms with Gasteiger partial charge in [0.1, 0.15) is 12.9 Å². The molecular weight excluding hydrogens is 394 g/mol. The second-order valence-electron chi connectivity index (χ2n) is 7.13. The highest BCUT2D eigenvalue weighted by atomic mass is 35.5. The minimum atomic E-state index is -0.511. The first kappa shape index (κ1) is 17.8. The highest BCUT2D eigenvalue weighted by molar-refractivity contribution is 6.30. The molecular formula is C20H16ClN5O3. The maximum Gasteiger partial charge on any atom is 0.437 e. The summed E-state index contributed by atoms with van der Waals surface area (Å²) in [5.74, 6) is 0.0317. The molecule has 29 heavy (non-hydrogen) atoms. The number of pyridine rings is 1. The van der Waals surface area contributed by atoms with Crippen molar-refractivity contribution in [3.8, 4) is 0 Å². The Bertz CT molecular complexity index is 1300. The molecule has 4 aromatic rings. The smallest absolute Gasteiger partial charge is 0.390 e. The summed E-state index contributed by atoms with van der Waals surface area (Å²) in [6.45, 7) is 0.0340. The third kappa shape index (κ3) is 3.25. The average molecular weight is 410 g/mol. The summed E-state index contributed by atoms with van der Waals surface area (Å²) >= 11 is 5.94. The van der Waals surface area contributed by atoms with Crippen molar-refractivity contribution in [3.05, 3.63) is 86.3 Å². The van der Waals surface area contributed by atoms with Crippen molar-refractivity contribution in [1.29, 1.82) is 0 Å². The zero-order valence-corrected chi connectivity index (χ0v) is 16.0. The molecule has 0 radical (unpaired) electrons. The van der Waals surface area contributed by atoms with Crippen molar-refractivity contribution in [2.45, 2.75) is 31.3 Å². The van der Waals surface area contributed by atoms with Crippen molar-refractivity contribution in [2.24, 2.45) is 0 Å². The molecule has 0 saturated heterocycles. The van der Waals surface area contributed by atoms with Crippen LogP contribution in [0.25, 0.3) is 11.0 Å². The van der Waals surface area contributed by atoms with Crippen molar-refractivity contribution in [2.75, 3.05) is 0 Å². The number of hydrogen-bond acceptors (Lipinski definition) is 6. The van der Waals surface area contributed by atoms with Gasteiger partial charge in [-0.1, -0.05) is 23.7 Å². The van der Waals surface area contributed by atoms with E-state index in [1.165, 1.54) is 21.1 Å². The molecule has 3 heterocycles. The number of aromatic nitrogens is 5. The van der Waals surface area contributed by atoms with Gasteiger partial charge in [-0.15, -0.1) is 5.10 Å². The summed E-state index contributed by atoms with van der Waals surface area (Å²) in [5.41, 5.74) is 1.32. The molecule has 5 rings (SSSR count). The molecule has 1 fully saturated rings. The van der Waals surface area contributed by atoms with Gasteiger partial charge < -0.3 is 4.42 Å². The lowest BCUT2D eigenvalue weighted by Crippen LogP contribution is -2.31. The maximum absolute atomic E-state index is 12.6. The average Bonchev–Trinajstić information content (AvgIpc) is 3.04. The first-order valence-corrected chi connectivity index (χ1v) is 9.60. The molecule has 0 unspecified atom stereocenters. The second-order valence-corrected chi connectivity index (χ2v) is 7.57.